The quantitative estimate of drug-likeness (QED) is 0.867. The number of rotatable bonds is 3. The highest BCUT2D eigenvalue weighted by molar-refractivity contribution is 5.94. The highest BCUT2D eigenvalue weighted by Crippen LogP contribution is 2.20. The first-order valence-electron chi connectivity index (χ1n) is 6.69. The fraction of sp³-hybridized carbons (Fsp3) is 0.500. The number of carbonyl (C=O) groups is 1. The zero-order valence-electron chi connectivity index (χ0n) is 11.3. The Kier molecular flexibility index (Phi) is 4.65. The molecule has 0 aliphatic carbocycles. The molecule has 1 atom stereocenters. The Morgan fingerprint density at radius 1 is 1.15 bits per heavy atom. The molecule has 3 nitrogen and oxygen atoms in total. The Morgan fingerprint density at radius 3 is 2.45 bits per heavy atom. The molecule has 1 amide bonds. The van der Waals surface area contributed by atoms with Gasteiger partial charge in [0.25, 0.3) is 0 Å². The largest absolute Gasteiger partial charge is 0.322 e. The molecule has 2 rings (SSSR count). The molecule has 20 heavy (non-hydrogen) atoms. The maximum Gasteiger partial charge on any atom is 0.241 e. The Labute approximate surface area is 115 Å². The summed E-state index contributed by atoms with van der Waals surface area (Å²) >= 11 is 0. The van der Waals surface area contributed by atoms with Gasteiger partial charge in [-0.1, -0.05) is 6.42 Å². The minimum absolute atomic E-state index is 0.335. The van der Waals surface area contributed by atoms with Gasteiger partial charge in [0.15, 0.2) is 17.5 Å². The third-order valence-electron chi connectivity index (χ3n) is 3.61. The molecule has 0 radical (unpaired) electrons. The maximum absolute atomic E-state index is 13.5. The molecule has 110 valence electrons. The third-order valence-corrected chi connectivity index (χ3v) is 3.61. The Morgan fingerprint density at radius 2 is 1.80 bits per heavy atom. The molecule has 0 saturated carbocycles. The minimum Gasteiger partial charge on any atom is -0.322 e. The van der Waals surface area contributed by atoms with Crippen LogP contribution in [0.5, 0.6) is 0 Å². The van der Waals surface area contributed by atoms with E-state index in [-0.39, 0.29) is 5.69 Å². The lowest BCUT2D eigenvalue weighted by Crippen LogP contribution is -2.44. The smallest absolute Gasteiger partial charge is 0.241 e. The summed E-state index contributed by atoms with van der Waals surface area (Å²) in [7, 11) is 0. The van der Waals surface area contributed by atoms with Gasteiger partial charge in [-0.3, -0.25) is 9.69 Å². The summed E-state index contributed by atoms with van der Waals surface area (Å²) < 4.78 is 39.4. The van der Waals surface area contributed by atoms with Crippen molar-refractivity contribution in [2.75, 3.05) is 18.4 Å². The van der Waals surface area contributed by atoms with E-state index in [1.807, 2.05) is 4.90 Å². The lowest BCUT2D eigenvalue weighted by atomic mass is 10.1. The van der Waals surface area contributed by atoms with E-state index in [1.54, 1.807) is 6.92 Å². The first kappa shape index (κ1) is 14.8. The fourth-order valence-electron chi connectivity index (χ4n) is 2.33. The fourth-order valence-corrected chi connectivity index (χ4v) is 2.33. The van der Waals surface area contributed by atoms with Crippen molar-refractivity contribution in [1.29, 1.82) is 0 Å². The van der Waals surface area contributed by atoms with E-state index < -0.39 is 29.4 Å². The van der Waals surface area contributed by atoms with Crippen LogP contribution in [-0.4, -0.2) is 29.9 Å². The van der Waals surface area contributed by atoms with E-state index in [0.717, 1.165) is 44.5 Å². The second-order valence-electron chi connectivity index (χ2n) is 4.98. The van der Waals surface area contributed by atoms with E-state index in [9.17, 15) is 18.0 Å². The van der Waals surface area contributed by atoms with Crippen molar-refractivity contribution in [2.24, 2.45) is 0 Å². The molecule has 1 aliphatic heterocycles. The van der Waals surface area contributed by atoms with Crippen molar-refractivity contribution < 1.29 is 18.0 Å². The van der Waals surface area contributed by atoms with Crippen molar-refractivity contribution in [3.8, 4) is 0 Å². The molecule has 0 aromatic heterocycles. The Bertz CT molecular complexity index is 501. The monoisotopic (exact) mass is 286 g/mol. The Hall–Kier alpha value is -1.56. The highest BCUT2D eigenvalue weighted by Gasteiger charge is 2.24. The minimum atomic E-state index is -1.58. The number of amides is 1. The van der Waals surface area contributed by atoms with Crippen molar-refractivity contribution in [3.63, 3.8) is 0 Å². The molecule has 1 N–H and O–H groups in total. The van der Waals surface area contributed by atoms with Gasteiger partial charge in [0.1, 0.15) is 0 Å². The second kappa shape index (κ2) is 6.26. The average molecular weight is 286 g/mol. The van der Waals surface area contributed by atoms with Crippen LogP contribution in [0.3, 0.4) is 0 Å². The Balaban J connectivity index is 2.05. The van der Waals surface area contributed by atoms with Crippen LogP contribution in [0, 0.1) is 17.5 Å². The number of hydrogen-bond acceptors (Lipinski definition) is 2. The van der Waals surface area contributed by atoms with Crippen LogP contribution in [0.4, 0.5) is 18.9 Å². The lowest BCUT2D eigenvalue weighted by molar-refractivity contribution is -0.121. The summed E-state index contributed by atoms with van der Waals surface area (Å²) in [4.78, 5) is 14.0. The van der Waals surface area contributed by atoms with E-state index in [1.165, 1.54) is 0 Å². The van der Waals surface area contributed by atoms with Gasteiger partial charge in [0.05, 0.1) is 11.7 Å². The zero-order valence-corrected chi connectivity index (χ0v) is 11.3. The van der Waals surface area contributed by atoms with Crippen molar-refractivity contribution in [1.82, 2.24) is 4.90 Å². The van der Waals surface area contributed by atoms with Gasteiger partial charge < -0.3 is 5.32 Å². The predicted octanol–water partition coefficient (Wildman–Crippen LogP) is 2.92. The van der Waals surface area contributed by atoms with Crippen LogP contribution >= 0.6 is 0 Å². The average Bonchev–Trinajstić information content (AvgIpc) is 2.48. The third kappa shape index (κ3) is 3.12. The lowest BCUT2D eigenvalue weighted by Gasteiger charge is -2.31. The number of nitrogens with zero attached hydrogens (tertiary/aromatic N) is 1. The summed E-state index contributed by atoms with van der Waals surface area (Å²) in [6.45, 7) is 3.35. The van der Waals surface area contributed by atoms with E-state index in [0.29, 0.717) is 0 Å². The first-order chi connectivity index (χ1) is 9.50. The van der Waals surface area contributed by atoms with Crippen molar-refractivity contribution in [3.05, 3.63) is 29.6 Å². The first-order valence-corrected chi connectivity index (χ1v) is 6.69. The van der Waals surface area contributed by atoms with Crippen LogP contribution in [0.25, 0.3) is 0 Å². The summed E-state index contributed by atoms with van der Waals surface area (Å²) in [5, 5.41) is 2.31. The van der Waals surface area contributed by atoms with Gasteiger partial charge >= 0.3 is 0 Å². The molecule has 0 bridgehead atoms. The van der Waals surface area contributed by atoms with Gasteiger partial charge in [-0.15, -0.1) is 0 Å². The van der Waals surface area contributed by atoms with E-state index >= 15 is 0 Å². The maximum atomic E-state index is 13.5. The van der Waals surface area contributed by atoms with Crippen LogP contribution < -0.4 is 5.32 Å². The molecule has 1 saturated heterocycles. The number of hydrogen-bond donors (Lipinski definition) is 1. The van der Waals surface area contributed by atoms with Crippen molar-refractivity contribution in [2.45, 2.75) is 32.2 Å². The summed E-state index contributed by atoms with van der Waals surface area (Å²) in [5.74, 6) is -4.64. The van der Waals surface area contributed by atoms with Crippen molar-refractivity contribution >= 4 is 11.6 Å². The second-order valence-corrected chi connectivity index (χ2v) is 4.98. The predicted molar refractivity (Wildman–Crippen MR) is 69.8 cm³/mol. The topological polar surface area (TPSA) is 32.3 Å². The number of likely N-dealkylation sites (tertiary alicyclic amines) is 1. The van der Waals surface area contributed by atoms with Gasteiger partial charge in [-0.25, -0.2) is 13.2 Å². The van der Waals surface area contributed by atoms with Gasteiger partial charge in [0, 0.05) is 0 Å². The van der Waals surface area contributed by atoms with Gasteiger partial charge in [0.2, 0.25) is 5.91 Å². The standard InChI is InChI=1S/C14H17F3N2O/c1-9(19-7-3-2-4-8-19)14(20)18-11-6-5-10(15)12(16)13(11)17/h5-6,9H,2-4,7-8H2,1H3,(H,18,20). The zero-order chi connectivity index (χ0) is 14.7. The number of piperidine rings is 1. The highest BCUT2D eigenvalue weighted by atomic mass is 19.2. The molecule has 1 heterocycles. The van der Waals surface area contributed by atoms with E-state index in [2.05, 4.69) is 5.32 Å². The van der Waals surface area contributed by atoms with Gasteiger partial charge in [-0.2, -0.15) is 0 Å². The molecule has 1 aromatic carbocycles. The van der Waals surface area contributed by atoms with Gasteiger partial charge in [-0.05, 0) is 45.0 Å². The van der Waals surface area contributed by atoms with Crippen LogP contribution in [0.15, 0.2) is 12.1 Å². The van der Waals surface area contributed by atoms with Crippen LogP contribution in [-0.2, 0) is 4.79 Å². The normalized spacial score (nSPS) is 17.8. The number of nitrogens with one attached hydrogen (secondary N) is 1. The molecular weight excluding hydrogens is 269 g/mol. The molecule has 1 unspecified atom stereocenters. The van der Waals surface area contributed by atoms with E-state index in [4.69, 9.17) is 0 Å². The SMILES string of the molecule is CC(C(=O)Nc1ccc(F)c(F)c1F)N1CCCCC1. The summed E-state index contributed by atoms with van der Waals surface area (Å²) in [6, 6.07) is 1.39. The summed E-state index contributed by atoms with van der Waals surface area (Å²) in [6.07, 6.45) is 3.19. The number of benzene rings is 1. The molecule has 1 fully saturated rings. The molecule has 1 aliphatic rings. The molecule has 6 heteroatoms. The van der Waals surface area contributed by atoms with Crippen LogP contribution in [0.2, 0.25) is 0 Å². The molecule has 0 spiro atoms. The number of anilines is 1. The number of halogens is 3. The molecule has 1 aromatic rings. The van der Waals surface area contributed by atoms with Crippen LogP contribution in [0.1, 0.15) is 26.2 Å². The number of carbonyl (C=O) groups excluding carboxylic acids is 1. The summed E-state index contributed by atoms with van der Waals surface area (Å²) in [5.41, 5.74) is -0.335. The molecular formula is C14H17F3N2O.